The van der Waals surface area contributed by atoms with Gasteiger partial charge in [0.2, 0.25) is 5.91 Å². The Balaban J connectivity index is 2.56. The van der Waals surface area contributed by atoms with Crippen molar-refractivity contribution in [3.05, 3.63) is 41.7 Å². The van der Waals surface area contributed by atoms with Crippen LogP contribution in [0.25, 0.3) is 6.08 Å². The third kappa shape index (κ3) is 4.67. The molecule has 0 aromatic heterocycles. The van der Waals surface area contributed by atoms with Crippen LogP contribution in [0.3, 0.4) is 0 Å². The van der Waals surface area contributed by atoms with Gasteiger partial charge in [0, 0.05) is 6.08 Å². The highest BCUT2D eigenvalue weighted by molar-refractivity contribution is 5.91. The van der Waals surface area contributed by atoms with Gasteiger partial charge in [-0.15, -0.1) is 0 Å². The van der Waals surface area contributed by atoms with Gasteiger partial charge < -0.3 is 10.4 Å². The number of aliphatic hydroxyl groups excluding tert-OH is 1. The minimum absolute atomic E-state index is 0.0895. The second kappa shape index (κ2) is 6.91. The van der Waals surface area contributed by atoms with E-state index in [2.05, 4.69) is 5.32 Å². The number of rotatable bonds is 5. The fourth-order valence-corrected chi connectivity index (χ4v) is 1.40. The molecule has 1 rings (SSSR count). The van der Waals surface area contributed by atoms with E-state index in [0.29, 0.717) is 0 Å². The van der Waals surface area contributed by atoms with Gasteiger partial charge in [-0.05, 0) is 29.7 Å². The maximum atomic E-state index is 12.7. The molecule has 0 aliphatic heterocycles. The van der Waals surface area contributed by atoms with E-state index in [0.717, 1.165) is 5.56 Å². The number of aliphatic hydroxyl groups is 1. The molecule has 0 radical (unpaired) electrons. The largest absolute Gasteiger partial charge is 0.394 e. The molecule has 0 saturated heterocycles. The van der Waals surface area contributed by atoms with Crippen LogP contribution in [0.1, 0.15) is 19.4 Å². The van der Waals surface area contributed by atoms with Crippen LogP contribution in [0, 0.1) is 11.7 Å². The van der Waals surface area contributed by atoms with E-state index >= 15 is 0 Å². The number of carbonyl (C=O) groups is 1. The molecule has 0 saturated carbocycles. The van der Waals surface area contributed by atoms with Crippen LogP contribution in [0.4, 0.5) is 4.39 Å². The van der Waals surface area contributed by atoms with E-state index in [-0.39, 0.29) is 30.3 Å². The molecule has 3 nitrogen and oxygen atoms in total. The minimum Gasteiger partial charge on any atom is -0.394 e. The average Bonchev–Trinajstić information content (AvgIpc) is 2.35. The summed E-state index contributed by atoms with van der Waals surface area (Å²) in [6, 6.07) is 5.59. The van der Waals surface area contributed by atoms with Crippen molar-refractivity contribution in [1.29, 1.82) is 0 Å². The first-order valence-electron chi connectivity index (χ1n) is 5.88. The van der Waals surface area contributed by atoms with Crippen LogP contribution in [0.15, 0.2) is 30.3 Å². The van der Waals surface area contributed by atoms with E-state index < -0.39 is 0 Å². The average molecular weight is 251 g/mol. The Bertz CT molecular complexity index is 412. The SMILES string of the molecule is CC(C)[C@@H](CO)NC(=O)C=Cc1ccc(F)cc1. The Labute approximate surface area is 106 Å². The van der Waals surface area contributed by atoms with E-state index in [1.807, 2.05) is 13.8 Å². The van der Waals surface area contributed by atoms with Gasteiger partial charge in [0.1, 0.15) is 5.82 Å². The third-order valence-electron chi connectivity index (χ3n) is 2.63. The number of amides is 1. The molecule has 0 heterocycles. The van der Waals surface area contributed by atoms with Crippen LogP contribution in [-0.2, 0) is 4.79 Å². The van der Waals surface area contributed by atoms with Gasteiger partial charge in [0.15, 0.2) is 0 Å². The van der Waals surface area contributed by atoms with Crippen LogP contribution >= 0.6 is 0 Å². The minimum atomic E-state index is -0.309. The van der Waals surface area contributed by atoms with Gasteiger partial charge in [-0.25, -0.2) is 4.39 Å². The summed E-state index contributed by atoms with van der Waals surface area (Å²) in [5.41, 5.74) is 0.747. The first-order chi connectivity index (χ1) is 8.52. The van der Waals surface area contributed by atoms with Crippen LogP contribution in [0.5, 0.6) is 0 Å². The Morgan fingerprint density at radius 1 is 1.39 bits per heavy atom. The summed E-state index contributed by atoms with van der Waals surface area (Å²) in [5, 5.41) is 11.8. The smallest absolute Gasteiger partial charge is 0.244 e. The highest BCUT2D eigenvalue weighted by Gasteiger charge is 2.12. The summed E-state index contributed by atoms with van der Waals surface area (Å²) in [6.45, 7) is 3.75. The fourth-order valence-electron chi connectivity index (χ4n) is 1.40. The molecule has 0 aliphatic carbocycles. The van der Waals surface area contributed by atoms with E-state index in [4.69, 9.17) is 5.11 Å². The Hall–Kier alpha value is -1.68. The molecule has 0 aliphatic rings. The molecular weight excluding hydrogens is 233 g/mol. The molecule has 0 spiro atoms. The lowest BCUT2D eigenvalue weighted by atomic mass is 10.1. The van der Waals surface area contributed by atoms with Crippen molar-refractivity contribution in [2.45, 2.75) is 19.9 Å². The fraction of sp³-hybridized carbons (Fsp3) is 0.357. The van der Waals surface area contributed by atoms with Crippen molar-refractivity contribution in [3.63, 3.8) is 0 Å². The highest BCUT2D eigenvalue weighted by Crippen LogP contribution is 2.05. The Morgan fingerprint density at radius 3 is 2.50 bits per heavy atom. The van der Waals surface area contributed by atoms with Crippen LogP contribution in [-0.4, -0.2) is 23.7 Å². The predicted octanol–water partition coefficient (Wildman–Crippen LogP) is 1.97. The predicted molar refractivity (Wildman–Crippen MR) is 69.3 cm³/mol. The van der Waals surface area contributed by atoms with Crippen LogP contribution < -0.4 is 5.32 Å². The molecule has 1 aromatic rings. The molecule has 18 heavy (non-hydrogen) atoms. The van der Waals surface area contributed by atoms with Gasteiger partial charge >= 0.3 is 0 Å². The molecular formula is C14H18FNO2. The Morgan fingerprint density at radius 2 is 2.00 bits per heavy atom. The summed E-state index contributed by atoms with van der Waals surface area (Å²) in [7, 11) is 0. The van der Waals surface area contributed by atoms with Crippen LogP contribution in [0.2, 0.25) is 0 Å². The highest BCUT2D eigenvalue weighted by atomic mass is 19.1. The van der Waals surface area contributed by atoms with E-state index in [1.54, 1.807) is 18.2 Å². The number of benzene rings is 1. The van der Waals surface area contributed by atoms with Gasteiger partial charge in [-0.1, -0.05) is 26.0 Å². The molecule has 2 N–H and O–H groups in total. The lowest BCUT2D eigenvalue weighted by molar-refractivity contribution is -0.117. The van der Waals surface area contributed by atoms with E-state index in [9.17, 15) is 9.18 Å². The maximum Gasteiger partial charge on any atom is 0.244 e. The molecule has 0 bridgehead atoms. The number of carbonyl (C=O) groups excluding carboxylic acids is 1. The van der Waals surface area contributed by atoms with Crippen molar-refractivity contribution in [2.24, 2.45) is 5.92 Å². The topological polar surface area (TPSA) is 49.3 Å². The Kier molecular flexibility index (Phi) is 5.52. The normalized spacial score (nSPS) is 12.9. The maximum absolute atomic E-state index is 12.7. The van der Waals surface area contributed by atoms with Crippen molar-refractivity contribution in [2.75, 3.05) is 6.61 Å². The molecule has 4 heteroatoms. The molecule has 0 fully saturated rings. The molecule has 0 unspecified atom stereocenters. The van der Waals surface area contributed by atoms with Gasteiger partial charge in [0.25, 0.3) is 0 Å². The number of hydrogen-bond acceptors (Lipinski definition) is 2. The standard InChI is InChI=1S/C14H18FNO2/c1-10(2)13(9-17)16-14(18)8-5-11-3-6-12(15)7-4-11/h3-8,10,13,17H,9H2,1-2H3,(H,16,18)/t13-/m1/s1. The summed E-state index contributed by atoms with van der Waals surface area (Å²) in [5.74, 6) is -0.415. The molecule has 1 atom stereocenters. The zero-order chi connectivity index (χ0) is 13.5. The van der Waals surface area contributed by atoms with E-state index in [1.165, 1.54) is 18.2 Å². The second-order valence-electron chi connectivity index (χ2n) is 4.43. The van der Waals surface area contributed by atoms with Gasteiger partial charge in [-0.3, -0.25) is 4.79 Å². The zero-order valence-corrected chi connectivity index (χ0v) is 10.6. The van der Waals surface area contributed by atoms with Gasteiger partial charge in [0.05, 0.1) is 12.6 Å². The number of hydrogen-bond donors (Lipinski definition) is 2. The molecule has 98 valence electrons. The third-order valence-corrected chi connectivity index (χ3v) is 2.63. The number of nitrogens with one attached hydrogen (secondary N) is 1. The zero-order valence-electron chi connectivity index (χ0n) is 10.6. The quantitative estimate of drug-likeness (QED) is 0.786. The van der Waals surface area contributed by atoms with Crippen molar-refractivity contribution >= 4 is 12.0 Å². The summed E-state index contributed by atoms with van der Waals surface area (Å²) >= 11 is 0. The lowest BCUT2D eigenvalue weighted by Crippen LogP contribution is -2.40. The van der Waals surface area contributed by atoms with Crippen molar-refractivity contribution in [1.82, 2.24) is 5.32 Å². The molecule has 1 aromatic carbocycles. The summed E-state index contributed by atoms with van der Waals surface area (Å²) < 4.78 is 12.7. The summed E-state index contributed by atoms with van der Waals surface area (Å²) in [4.78, 5) is 11.6. The first-order valence-corrected chi connectivity index (χ1v) is 5.88. The summed E-state index contributed by atoms with van der Waals surface area (Å²) in [6.07, 6.45) is 2.97. The van der Waals surface area contributed by atoms with Crippen molar-refractivity contribution in [3.8, 4) is 0 Å². The second-order valence-corrected chi connectivity index (χ2v) is 4.43. The lowest BCUT2D eigenvalue weighted by Gasteiger charge is -2.18. The number of halogens is 1. The first kappa shape index (κ1) is 14.4. The molecule has 1 amide bonds. The monoisotopic (exact) mass is 251 g/mol. The van der Waals surface area contributed by atoms with Crippen molar-refractivity contribution < 1.29 is 14.3 Å². The van der Waals surface area contributed by atoms with Gasteiger partial charge in [-0.2, -0.15) is 0 Å².